The van der Waals surface area contributed by atoms with Crippen molar-refractivity contribution in [3.8, 4) is 17.0 Å². The Morgan fingerprint density at radius 3 is 2.92 bits per heavy atom. The van der Waals surface area contributed by atoms with E-state index in [-0.39, 0.29) is 11.5 Å². The lowest BCUT2D eigenvalue weighted by Gasteiger charge is -2.20. The molecule has 5 heteroatoms. The minimum Gasteiger partial charge on any atom is -0.491 e. The number of nitrogens with zero attached hydrogens (tertiary/aromatic N) is 3. The molecule has 4 heterocycles. The highest BCUT2D eigenvalue weighted by Crippen LogP contribution is 2.41. The van der Waals surface area contributed by atoms with Gasteiger partial charge < -0.3 is 10.1 Å². The van der Waals surface area contributed by atoms with E-state index >= 15 is 0 Å². The van der Waals surface area contributed by atoms with E-state index in [1.165, 1.54) is 18.5 Å². The Morgan fingerprint density at radius 1 is 1.19 bits per heavy atom. The standard InChI is InChI=1S/C21H24N4O/c1-14(2)26-17-3-4-18-15(10-17)9-16(12-23-18)19-11-20-21(5-7-22-13-21)6-8-25(20)24-19/h3-4,9-12,14,22H,5-8,13H2,1-2H3. The number of hydrogen-bond donors (Lipinski definition) is 1. The third-order valence-electron chi connectivity index (χ3n) is 5.69. The zero-order chi connectivity index (χ0) is 17.7. The van der Waals surface area contributed by atoms with Gasteiger partial charge in [0.15, 0.2) is 0 Å². The fourth-order valence-corrected chi connectivity index (χ4v) is 4.37. The Hall–Kier alpha value is -2.40. The van der Waals surface area contributed by atoms with Crippen LogP contribution in [0, 0.1) is 0 Å². The molecule has 3 aromatic rings. The molecular weight excluding hydrogens is 324 g/mol. The van der Waals surface area contributed by atoms with Crippen LogP contribution in [0.3, 0.4) is 0 Å². The molecule has 0 amide bonds. The lowest BCUT2D eigenvalue weighted by Crippen LogP contribution is -2.25. The van der Waals surface area contributed by atoms with E-state index in [1.807, 2.05) is 32.2 Å². The van der Waals surface area contributed by atoms with E-state index in [0.29, 0.717) is 0 Å². The zero-order valence-corrected chi connectivity index (χ0v) is 15.3. The van der Waals surface area contributed by atoms with E-state index < -0.39 is 0 Å². The SMILES string of the molecule is CC(C)Oc1ccc2ncc(-c3cc4n(n3)CCC43CCNC3)cc2c1. The number of hydrogen-bond acceptors (Lipinski definition) is 4. The minimum absolute atomic E-state index is 0.163. The molecule has 26 heavy (non-hydrogen) atoms. The Kier molecular flexibility index (Phi) is 3.54. The maximum Gasteiger partial charge on any atom is 0.120 e. The maximum atomic E-state index is 5.83. The second-order valence-electron chi connectivity index (χ2n) is 7.84. The number of aromatic nitrogens is 3. The normalized spacial score (nSPS) is 21.8. The topological polar surface area (TPSA) is 52.0 Å². The molecule has 134 valence electrons. The molecule has 1 aromatic carbocycles. The number of pyridine rings is 1. The van der Waals surface area contributed by atoms with E-state index in [9.17, 15) is 0 Å². The van der Waals surface area contributed by atoms with Crippen molar-refractivity contribution in [3.63, 3.8) is 0 Å². The fourth-order valence-electron chi connectivity index (χ4n) is 4.37. The molecule has 0 radical (unpaired) electrons. The highest BCUT2D eigenvalue weighted by molar-refractivity contribution is 5.84. The van der Waals surface area contributed by atoms with Crippen LogP contribution >= 0.6 is 0 Å². The summed E-state index contributed by atoms with van der Waals surface area (Å²) in [5.74, 6) is 0.884. The Morgan fingerprint density at radius 2 is 2.12 bits per heavy atom. The molecule has 2 aliphatic rings. The third kappa shape index (κ3) is 2.50. The van der Waals surface area contributed by atoms with Crippen molar-refractivity contribution < 1.29 is 4.74 Å². The van der Waals surface area contributed by atoms with E-state index in [4.69, 9.17) is 9.84 Å². The smallest absolute Gasteiger partial charge is 0.120 e. The molecule has 1 unspecified atom stereocenters. The number of ether oxygens (including phenoxy) is 1. The van der Waals surface area contributed by atoms with Crippen molar-refractivity contribution in [1.29, 1.82) is 0 Å². The molecule has 2 aliphatic heterocycles. The summed E-state index contributed by atoms with van der Waals surface area (Å²) < 4.78 is 8.03. The van der Waals surface area contributed by atoms with Gasteiger partial charge >= 0.3 is 0 Å². The summed E-state index contributed by atoms with van der Waals surface area (Å²) in [5.41, 5.74) is 4.74. The predicted molar refractivity (Wildman–Crippen MR) is 103 cm³/mol. The molecule has 2 aromatic heterocycles. The molecule has 1 saturated heterocycles. The van der Waals surface area contributed by atoms with Gasteiger partial charge in [0, 0.05) is 41.3 Å². The third-order valence-corrected chi connectivity index (χ3v) is 5.69. The summed E-state index contributed by atoms with van der Waals surface area (Å²) in [5, 5.41) is 9.49. The first-order valence-electron chi connectivity index (χ1n) is 9.49. The molecule has 1 spiro atoms. The van der Waals surface area contributed by atoms with Gasteiger partial charge in [-0.2, -0.15) is 5.10 Å². The maximum absolute atomic E-state index is 5.83. The molecule has 5 rings (SSSR count). The molecular formula is C21H24N4O. The van der Waals surface area contributed by atoms with Gasteiger partial charge in [0.25, 0.3) is 0 Å². The van der Waals surface area contributed by atoms with Gasteiger partial charge in [-0.3, -0.25) is 9.67 Å². The number of aryl methyl sites for hydroxylation is 1. The van der Waals surface area contributed by atoms with Crippen molar-refractivity contribution in [3.05, 3.63) is 42.2 Å². The Balaban J connectivity index is 1.53. The van der Waals surface area contributed by atoms with Crippen molar-refractivity contribution in [2.75, 3.05) is 13.1 Å². The molecule has 1 N–H and O–H groups in total. The van der Waals surface area contributed by atoms with Crippen LogP contribution in [0.1, 0.15) is 32.4 Å². The lowest BCUT2D eigenvalue weighted by molar-refractivity contribution is 0.243. The first kappa shape index (κ1) is 15.8. The lowest BCUT2D eigenvalue weighted by atomic mass is 9.82. The van der Waals surface area contributed by atoms with Crippen LogP contribution in [0.2, 0.25) is 0 Å². The van der Waals surface area contributed by atoms with Crippen LogP contribution in [-0.4, -0.2) is 34.0 Å². The Bertz CT molecular complexity index is 969. The van der Waals surface area contributed by atoms with Gasteiger partial charge in [0.2, 0.25) is 0 Å². The molecule has 1 atom stereocenters. The van der Waals surface area contributed by atoms with E-state index in [2.05, 4.69) is 33.2 Å². The quantitative estimate of drug-likeness (QED) is 0.787. The van der Waals surface area contributed by atoms with Crippen molar-refractivity contribution in [2.45, 2.75) is 44.8 Å². The summed E-state index contributed by atoms with van der Waals surface area (Å²) in [6.45, 7) is 7.28. The van der Waals surface area contributed by atoms with Gasteiger partial charge in [-0.25, -0.2) is 0 Å². The van der Waals surface area contributed by atoms with E-state index in [1.54, 1.807) is 0 Å². The summed E-state index contributed by atoms with van der Waals surface area (Å²) in [6, 6.07) is 10.5. The second kappa shape index (κ2) is 5.81. The first-order valence-corrected chi connectivity index (χ1v) is 9.49. The number of fused-ring (bicyclic) bond motifs is 3. The average Bonchev–Trinajstić information content (AvgIpc) is 3.33. The van der Waals surface area contributed by atoms with Gasteiger partial charge in [-0.05, 0) is 63.6 Å². The highest BCUT2D eigenvalue weighted by Gasteiger charge is 2.42. The molecule has 0 aliphatic carbocycles. The van der Waals surface area contributed by atoms with Crippen LogP contribution in [0.15, 0.2) is 36.5 Å². The molecule has 5 nitrogen and oxygen atoms in total. The number of rotatable bonds is 3. The van der Waals surface area contributed by atoms with Gasteiger partial charge in [0.1, 0.15) is 5.75 Å². The summed E-state index contributed by atoms with van der Waals surface area (Å²) in [7, 11) is 0. The average molecular weight is 348 g/mol. The second-order valence-corrected chi connectivity index (χ2v) is 7.84. The molecule has 0 saturated carbocycles. The summed E-state index contributed by atoms with van der Waals surface area (Å²) in [4.78, 5) is 4.63. The Labute approximate surface area is 153 Å². The fraction of sp³-hybridized carbons (Fsp3) is 0.429. The first-order chi connectivity index (χ1) is 12.6. The van der Waals surface area contributed by atoms with Crippen molar-refractivity contribution in [2.24, 2.45) is 0 Å². The van der Waals surface area contributed by atoms with Crippen LogP contribution in [-0.2, 0) is 12.0 Å². The predicted octanol–water partition coefficient (Wildman–Crippen LogP) is 3.52. The van der Waals surface area contributed by atoms with Crippen molar-refractivity contribution in [1.82, 2.24) is 20.1 Å². The molecule has 1 fully saturated rings. The summed E-state index contributed by atoms with van der Waals surface area (Å²) in [6.07, 6.45) is 4.51. The largest absolute Gasteiger partial charge is 0.491 e. The number of benzene rings is 1. The molecule has 0 bridgehead atoms. The van der Waals surface area contributed by atoms with Gasteiger partial charge in [0.05, 0.1) is 17.3 Å². The van der Waals surface area contributed by atoms with Gasteiger partial charge in [-0.1, -0.05) is 0 Å². The van der Waals surface area contributed by atoms with Crippen LogP contribution in [0.25, 0.3) is 22.2 Å². The van der Waals surface area contributed by atoms with Crippen LogP contribution in [0.4, 0.5) is 0 Å². The van der Waals surface area contributed by atoms with Crippen LogP contribution in [0.5, 0.6) is 5.75 Å². The highest BCUT2D eigenvalue weighted by atomic mass is 16.5. The minimum atomic E-state index is 0.163. The summed E-state index contributed by atoms with van der Waals surface area (Å²) >= 11 is 0. The van der Waals surface area contributed by atoms with Crippen LogP contribution < -0.4 is 10.1 Å². The van der Waals surface area contributed by atoms with E-state index in [0.717, 1.165) is 47.5 Å². The number of nitrogens with one attached hydrogen (secondary N) is 1. The van der Waals surface area contributed by atoms with Crippen molar-refractivity contribution >= 4 is 10.9 Å². The monoisotopic (exact) mass is 348 g/mol. The zero-order valence-electron chi connectivity index (χ0n) is 15.3. The van der Waals surface area contributed by atoms with Gasteiger partial charge in [-0.15, -0.1) is 0 Å².